The van der Waals surface area contributed by atoms with Gasteiger partial charge in [-0.15, -0.1) is 0 Å². The molecule has 23 heavy (non-hydrogen) atoms. The van der Waals surface area contributed by atoms with Crippen LogP contribution in [0.5, 0.6) is 0 Å². The van der Waals surface area contributed by atoms with Gasteiger partial charge in [-0.25, -0.2) is 0 Å². The zero-order chi connectivity index (χ0) is 16.7. The van der Waals surface area contributed by atoms with E-state index in [2.05, 4.69) is 49.1 Å². The first-order valence-corrected chi connectivity index (χ1v) is 8.48. The van der Waals surface area contributed by atoms with Gasteiger partial charge in [-0.3, -0.25) is 4.79 Å². The van der Waals surface area contributed by atoms with Gasteiger partial charge in [-0.05, 0) is 32.3 Å². The van der Waals surface area contributed by atoms with Crippen molar-refractivity contribution in [2.24, 2.45) is 0 Å². The molecule has 0 N–H and O–H groups in total. The van der Waals surface area contributed by atoms with Crippen LogP contribution in [-0.4, -0.2) is 49.1 Å². The van der Waals surface area contributed by atoms with E-state index in [0.29, 0.717) is 6.61 Å². The second kappa shape index (κ2) is 8.73. The Morgan fingerprint density at radius 2 is 2.04 bits per heavy atom. The van der Waals surface area contributed by atoms with Gasteiger partial charge in [0.1, 0.15) is 0 Å². The smallest absolute Gasteiger partial charge is 0.274 e. The van der Waals surface area contributed by atoms with Crippen molar-refractivity contribution >= 4 is 5.91 Å². The van der Waals surface area contributed by atoms with E-state index in [0.717, 1.165) is 50.3 Å². The van der Waals surface area contributed by atoms with Crippen LogP contribution in [0.4, 0.5) is 0 Å². The predicted molar refractivity (Wildman–Crippen MR) is 93.8 cm³/mol. The first-order chi connectivity index (χ1) is 11.2. The Morgan fingerprint density at radius 3 is 2.78 bits per heavy atom. The van der Waals surface area contributed by atoms with Gasteiger partial charge in [-0.1, -0.05) is 36.8 Å². The van der Waals surface area contributed by atoms with Crippen LogP contribution in [0.3, 0.4) is 0 Å². The van der Waals surface area contributed by atoms with E-state index in [1.54, 1.807) is 7.11 Å². The lowest BCUT2D eigenvalue weighted by Gasteiger charge is -2.34. The van der Waals surface area contributed by atoms with Gasteiger partial charge in [0.05, 0.1) is 12.3 Å². The average Bonchev–Trinajstić information content (AvgIpc) is 2.76. The molecule has 0 aromatic carbocycles. The van der Waals surface area contributed by atoms with Crippen molar-refractivity contribution < 1.29 is 9.53 Å². The molecule has 0 atom stereocenters. The number of carbonyl (C=O) groups excluding carboxylic acids is 1. The first-order valence-electron chi connectivity index (χ1n) is 8.48. The summed E-state index contributed by atoms with van der Waals surface area (Å²) in [6, 6.07) is 0. The highest BCUT2D eigenvalue weighted by Crippen LogP contribution is 2.22. The lowest BCUT2D eigenvalue weighted by atomic mass is 10.1. The van der Waals surface area contributed by atoms with E-state index < -0.39 is 0 Å². The molecule has 0 aromatic heterocycles. The predicted octanol–water partition coefficient (Wildman–Crippen LogP) is 3.25. The number of methoxy groups -OCH3 is 1. The number of hydrogen-bond donors (Lipinski definition) is 0. The summed E-state index contributed by atoms with van der Waals surface area (Å²) in [6.45, 7) is 7.24. The van der Waals surface area contributed by atoms with Crippen molar-refractivity contribution in [2.45, 2.75) is 33.1 Å². The normalized spacial score (nSPS) is 18.3. The molecule has 0 saturated carbocycles. The van der Waals surface area contributed by atoms with Crippen molar-refractivity contribution in [3.8, 4) is 0 Å². The molecule has 0 radical (unpaired) electrons. The van der Waals surface area contributed by atoms with Crippen molar-refractivity contribution in [2.75, 3.05) is 33.4 Å². The van der Waals surface area contributed by atoms with E-state index in [9.17, 15) is 4.79 Å². The summed E-state index contributed by atoms with van der Waals surface area (Å²) in [6.07, 6.45) is 13.3. The highest BCUT2D eigenvalue weighted by atomic mass is 16.5. The summed E-state index contributed by atoms with van der Waals surface area (Å²) in [5.41, 5.74) is 3.07. The molecule has 1 aliphatic carbocycles. The Morgan fingerprint density at radius 1 is 1.22 bits per heavy atom. The number of rotatable bonds is 7. The lowest BCUT2D eigenvalue weighted by molar-refractivity contribution is -0.127. The van der Waals surface area contributed by atoms with E-state index in [-0.39, 0.29) is 5.91 Å². The third-order valence-corrected chi connectivity index (χ3v) is 4.15. The second-order valence-corrected chi connectivity index (χ2v) is 5.96. The van der Waals surface area contributed by atoms with E-state index in [1.165, 1.54) is 5.57 Å². The van der Waals surface area contributed by atoms with Crippen LogP contribution in [0.2, 0.25) is 0 Å². The standard InChI is InChI=1S/C19H28N2O2/c1-4-12-20(14-15-23-3)18-9-6-13-21(19(18)22)17-8-5-7-16(2)10-11-17/h7-11H,4-6,12-15H2,1-3H3. The molecule has 1 amide bonds. The molecule has 0 spiro atoms. The zero-order valence-electron chi connectivity index (χ0n) is 14.5. The molecule has 126 valence electrons. The van der Waals surface area contributed by atoms with E-state index >= 15 is 0 Å². The average molecular weight is 316 g/mol. The zero-order valence-corrected chi connectivity index (χ0v) is 14.5. The lowest BCUT2D eigenvalue weighted by Crippen LogP contribution is -2.42. The summed E-state index contributed by atoms with van der Waals surface area (Å²) < 4.78 is 5.19. The van der Waals surface area contributed by atoms with Gasteiger partial charge in [0.25, 0.3) is 5.91 Å². The van der Waals surface area contributed by atoms with Crippen LogP contribution in [0, 0.1) is 0 Å². The third kappa shape index (κ3) is 4.58. The fraction of sp³-hybridized carbons (Fsp3) is 0.526. The largest absolute Gasteiger partial charge is 0.383 e. The van der Waals surface area contributed by atoms with Crippen molar-refractivity contribution in [1.29, 1.82) is 0 Å². The Hall–Kier alpha value is -1.81. The quantitative estimate of drug-likeness (QED) is 0.723. The van der Waals surface area contributed by atoms with E-state index in [1.807, 2.05) is 4.90 Å². The van der Waals surface area contributed by atoms with Gasteiger partial charge in [-0.2, -0.15) is 0 Å². The van der Waals surface area contributed by atoms with Crippen molar-refractivity contribution in [1.82, 2.24) is 9.80 Å². The molecule has 4 nitrogen and oxygen atoms in total. The number of hydrogen-bond acceptors (Lipinski definition) is 3. The third-order valence-electron chi connectivity index (χ3n) is 4.15. The molecule has 2 rings (SSSR count). The molecule has 0 unspecified atom stereocenters. The maximum absolute atomic E-state index is 13.0. The Kier molecular flexibility index (Phi) is 6.66. The van der Waals surface area contributed by atoms with Gasteiger partial charge in [0.2, 0.25) is 0 Å². The van der Waals surface area contributed by atoms with Gasteiger partial charge < -0.3 is 14.5 Å². The molecule has 0 bridgehead atoms. The highest BCUT2D eigenvalue weighted by molar-refractivity contribution is 5.95. The van der Waals surface area contributed by atoms with Gasteiger partial charge in [0, 0.05) is 32.4 Å². The fourth-order valence-electron chi connectivity index (χ4n) is 2.91. The molecule has 1 heterocycles. The van der Waals surface area contributed by atoms with Gasteiger partial charge >= 0.3 is 0 Å². The number of amides is 1. The fourth-order valence-corrected chi connectivity index (χ4v) is 2.91. The maximum atomic E-state index is 13.0. The topological polar surface area (TPSA) is 32.8 Å². The molecule has 0 fully saturated rings. The Labute approximate surface area is 139 Å². The molecule has 1 aliphatic heterocycles. The SMILES string of the molecule is CCCN(CCOC)C1=CCCN(C2=CCC=C(C)C=C2)C1=O. The number of carbonyl (C=O) groups is 1. The Bertz CT molecular complexity index is 544. The van der Waals surface area contributed by atoms with Crippen LogP contribution in [0.25, 0.3) is 0 Å². The minimum atomic E-state index is 0.108. The van der Waals surface area contributed by atoms with Crippen LogP contribution in [0.1, 0.15) is 33.1 Å². The number of ether oxygens (including phenoxy) is 1. The molecule has 0 saturated heterocycles. The van der Waals surface area contributed by atoms with Crippen molar-refractivity contribution in [3.63, 3.8) is 0 Å². The second-order valence-electron chi connectivity index (χ2n) is 5.96. The van der Waals surface area contributed by atoms with Crippen LogP contribution in [-0.2, 0) is 9.53 Å². The minimum absolute atomic E-state index is 0.108. The maximum Gasteiger partial charge on any atom is 0.274 e. The highest BCUT2D eigenvalue weighted by Gasteiger charge is 2.27. The van der Waals surface area contributed by atoms with Crippen LogP contribution in [0.15, 0.2) is 47.3 Å². The molecule has 2 aliphatic rings. The summed E-state index contributed by atoms with van der Waals surface area (Å²) in [5, 5.41) is 0. The molecule has 4 heteroatoms. The summed E-state index contributed by atoms with van der Waals surface area (Å²) >= 11 is 0. The summed E-state index contributed by atoms with van der Waals surface area (Å²) in [4.78, 5) is 17.0. The molecule has 0 aromatic rings. The van der Waals surface area contributed by atoms with Crippen molar-refractivity contribution in [3.05, 3.63) is 47.3 Å². The summed E-state index contributed by atoms with van der Waals surface area (Å²) in [5.74, 6) is 0.108. The van der Waals surface area contributed by atoms with Crippen LogP contribution >= 0.6 is 0 Å². The minimum Gasteiger partial charge on any atom is -0.383 e. The van der Waals surface area contributed by atoms with Gasteiger partial charge in [0.15, 0.2) is 0 Å². The monoisotopic (exact) mass is 316 g/mol. The number of nitrogens with zero attached hydrogens (tertiary/aromatic N) is 2. The molecular formula is C19H28N2O2. The Balaban J connectivity index is 2.14. The van der Waals surface area contributed by atoms with E-state index in [4.69, 9.17) is 4.74 Å². The molecular weight excluding hydrogens is 288 g/mol. The number of allylic oxidation sites excluding steroid dienone is 5. The first kappa shape index (κ1) is 17.5. The summed E-state index contributed by atoms with van der Waals surface area (Å²) in [7, 11) is 1.70. The van der Waals surface area contributed by atoms with Crippen LogP contribution < -0.4 is 0 Å².